The van der Waals surface area contributed by atoms with Gasteiger partial charge in [0.25, 0.3) is 0 Å². The molecule has 0 saturated heterocycles. The fourth-order valence-electron chi connectivity index (χ4n) is 1.63. The highest BCUT2D eigenvalue weighted by Gasteiger charge is 2.12. The summed E-state index contributed by atoms with van der Waals surface area (Å²) in [6.07, 6.45) is 3.10. The number of aromatic nitrogens is 1. The number of hydrogen-bond acceptors (Lipinski definition) is 2. The van der Waals surface area contributed by atoms with Crippen molar-refractivity contribution in [2.45, 2.75) is 26.7 Å². The summed E-state index contributed by atoms with van der Waals surface area (Å²) in [4.78, 5) is 24.1. The quantitative estimate of drug-likeness (QED) is 0.716. The summed E-state index contributed by atoms with van der Waals surface area (Å²) in [6, 6.07) is 0. The molecule has 0 radical (unpaired) electrons. The molecular formula is C10H13NO2. The second-order valence-electron chi connectivity index (χ2n) is 2.85. The van der Waals surface area contributed by atoms with Crippen LogP contribution in [0, 0.1) is 0 Å². The van der Waals surface area contributed by atoms with Crippen molar-refractivity contribution in [2.75, 3.05) is 0 Å². The fraction of sp³-hybridized carbons (Fsp3) is 0.400. The minimum atomic E-state index is 0.543. The molecule has 0 atom stereocenters. The number of carbonyl (C=O) groups excluding carboxylic acids is 2. The van der Waals surface area contributed by atoms with Gasteiger partial charge in [-0.05, 0) is 24.0 Å². The third kappa shape index (κ3) is 1.54. The Balaban J connectivity index is 3.33. The smallest absolute Gasteiger partial charge is 0.166 e. The van der Waals surface area contributed by atoms with Gasteiger partial charge in [0, 0.05) is 0 Å². The lowest BCUT2D eigenvalue weighted by Gasteiger charge is -1.97. The van der Waals surface area contributed by atoms with E-state index in [4.69, 9.17) is 0 Å². The number of carbonyl (C=O) groups is 2. The highest BCUT2D eigenvalue weighted by Crippen LogP contribution is 2.18. The number of hydrogen-bond donors (Lipinski definition) is 1. The van der Waals surface area contributed by atoms with Crippen molar-refractivity contribution in [1.29, 1.82) is 0 Å². The van der Waals surface area contributed by atoms with Gasteiger partial charge in [0.1, 0.15) is 0 Å². The van der Waals surface area contributed by atoms with E-state index in [1.54, 1.807) is 0 Å². The van der Waals surface area contributed by atoms with E-state index in [0.29, 0.717) is 11.4 Å². The van der Waals surface area contributed by atoms with Crippen LogP contribution in [0.3, 0.4) is 0 Å². The first-order valence-corrected chi connectivity index (χ1v) is 4.42. The third-order valence-corrected chi connectivity index (χ3v) is 2.23. The average molecular weight is 179 g/mol. The summed E-state index contributed by atoms with van der Waals surface area (Å²) in [6.45, 7) is 3.95. The molecule has 0 aliphatic heterocycles. The third-order valence-electron chi connectivity index (χ3n) is 2.23. The van der Waals surface area contributed by atoms with Gasteiger partial charge in [0.2, 0.25) is 0 Å². The first kappa shape index (κ1) is 9.71. The lowest BCUT2D eigenvalue weighted by Crippen LogP contribution is -1.91. The average Bonchev–Trinajstić information content (AvgIpc) is 2.54. The summed E-state index contributed by atoms with van der Waals surface area (Å²) in [5.74, 6) is 0. The monoisotopic (exact) mass is 179 g/mol. The van der Waals surface area contributed by atoms with Gasteiger partial charge in [-0.2, -0.15) is 0 Å². The largest absolute Gasteiger partial charge is 0.350 e. The van der Waals surface area contributed by atoms with Crippen molar-refractivity contribution in [3.05, 3.63) is 22.5 Å². The van der Waals surface area contributed by atoms with E-state index in [1.165, 1.54) is 0 Å². The molecule has 3 nitrogen and oxygen atoms in total. The Kier molecular flexibility index (Phi) is 3.01. The van der Waals surface area contributed by atoms with Crippen molar-refractivity contribution in [2.24, 2.45) is 0 Å². The zero-order chi connectivity index (χ0) is 9.84. The first-order valence-electron chi connectivity index (χ1n) is 4.42. The number of aromatic amines is 1. The normalized spacial score (nSPS) is 10.0. The molecule has 1 aromatic heterocycles. The molecule has 1 aromatic rings. The van der Waals surface area contributed by atoms with Gasteiger partial charge in [0.15, 0.2) is 12.6 Å². The molecule has 1 N–H and O–H groups in total. The van der Waals surface area contributed by atoms with Crippen LogP contribution in [-0.4, -0.2) is 17.6 Å². The lowest BCUT2D eigenvalue weighted by molar-refractivity contribution is 0.111. The molecule has 0 saturated carbocycles. The molecule has 0 unspecified atom stereocenters. The summed E-state index contributed by atoms with van der Waals surface area (Å²) < 4.78 is 0. The van der Waals surface area contributed by atoms with Gasteiger partial charge in [-0.15, -0.1) is 0 Å². The van der Waals surface area contributed by atoms with Gasteiger partial charge in [-0.25, -0.2) is 0 Å². The van der Waals surface area contributed by atoms with E-state index in [-0.39, 0.29) is 0 Å². The predicted molar refractivity (Wildman–Crippen MR) is 50.3 cm³/mol. The Labute approximate surface area is 77.2 Å². The van der Waals surface area contributed by atoms with Gasteiger partial charge >= 0.3 is 0 Å². The van der Waals surface area contributed by atoms with E-state index < -0.39 is 0 Å². The van der Waals surface area contributed by atoms with Crippen molar-refractivity contribution < 1.29 is 9.59 Å². The molecular weight excluding hydrogens is 166 g/mol. The highest BCUT2D eigenvalue weighted by molar-refractivity contribution is 5.83. The lowest BCUT2D eigenvalue weighted by atomic mass is 10.0. The van der Waals surface area contributed by atoms with Crippen LogP contribution in [0.15, 0.2) is 0 Å². The maximum absolute atomic E-state index is 10.6. The van der Waals surface area contributed by atoms with E-state index in [0.717, 1.165) is 36.5 Å². The van der Waals surface area contributed by atoms with Crippen LogP contribution in [0.5, 0.6) is 0 Å². The van der Waals surface area contributed by atoms with E-state index in [9.17, 15) is 9.59 Å². The van der Waals surface area contributed by atoms with Crippen LogP contribution in [0.2, 0.25) is 0 Å². The minimum absolute atomic E-state index is 0.543. The maximum atomic E-state index is 10.6. The van der Waals surface area contributed by atoms with Crippen LogP contribution in [0.4, 0.5) is 0 Å². The van der Waals surface area contributed by atoms with Crippen molar-refractivity contribution >= 4 is 12.6 Å². The van der Waals surface area contributed by atoms with Crippen LogP contribution in [-0.2, 0) is 12.8 Å². The number of H-pyrrole nitrogens is 1. The van der Waals surface area contributed by atoms with Crippen molar-refractivity contribution in [1.82, 2.24) is 4.98 Å². The number of nitrogens with one attached hydrogen (secondary N) is 1. The van der Waals surface area contributed by atoms with E-state index in [2.05, 4.69) is 4.98 Å². The molecule has 0 spiro atoms. The summed E-state index contributed by atoms with van der Waals surface area (Å²) in [7, 11) is 0. The summed E-state index contributed by atoms with van der Waals surface area (Å²) in [5.41, 5.74) is 3.03. The van der Waals surface area contributed by atoms with Gasteiger partial charge in [-0.1, -0.05) is 13.8 Å². The maximum Gasteiger partial charge on any atom is 0.166 e. The molecule has 13 heavy (non-hydrogen) atoms. The second-order valence-corrected chi connectivity index (χ2v) is 2.85. The Hall–Kier alpha value is -1.38. The van der Waals surface area contributed by atoms with E-state index in [1.807, 2.05) is 13.8 Å². The van der Waals surface area contributed by atoms with Crippen molar-refractivity contribution in [3.63, 3.8) is 0 Å². The highest BCUT2D eigenvalue weighted by atomic mass is 16.1. The molecule has 0 fully saturated rings. The predicted octanol–water partition coefficient (Wildman–Crippen LogP) is 1.76. The molecule has 0 amide bonds. The van der Waals surface area contributed by atoms with Gasteiger partial charge < -0.3 is 4.98 Å². The molecule has 0 aromatic carbocycles. The zero-order valence-corrected chi connectivity index (χ0v) is 7.89. The van der Waals surface area contributed by atoms with Crippen molar-refractivity contribution in [3.8, 4) is 0 Å². The fourth-order valence-corrected chi connectivity index (χ4v) is 1.63. The van der Waals surface area contributed by atoms with Gasteiger partial charge in [0.05, 0.1) is 11.4 Å². The van der Waals surface area contributed by atoms with Crippen LogP contribution < -0.4 is 0 Å². The zero-order valence-electron chi connectivity index (χ0n) is 7.89. The minimum Gasteiger partial charge on any atom is -0.350 e. The summed E-state index contributed by atoms with van der Waals surface area (Å²) in [5, 5.41) is 0. The SMILES string of the molecule is CCc1c(C=O)[nH]c(C=O)c1CC. The Bertz CT molecular complexity index is 295. The Morgan fingerprint density at radius 1 is 1.00 bits per heavy atom. The second kappa shape index (κ2) is 4.03. The van der Waals surface area contributed by atoms with Crippen LogP contribution >= 0.6 is 0 Å². The molecule has 1 heterocycles. The molecule has 0 aliphatic rings. The van der Waals surface area contributed by atoms with Crippen LogP contribution in [0.25, 0.3) is 0 Å². The molecule has 1 rings (SSSR count). The Morgan fingerprint density at radius 3 is 1.62 bits per heavy atom. The molecule has 0 aliphatic carbocycles. The number of aldehydes is 2. The molecule has 3 heteroatoms. The molecule has 70 valence electrons. The topological polar surface area (TPSA) is 49.9 Å². The Morgan fingerprint density at radius 2 is 1.38 bits per heavy atom. The van der Waals surface area contributed by atoms with E-state index >= 15 is 0 Å². The first-order chi connectivity index (χ1) is 6.28. The number of rotatable bonds is 4. The van der Waals surface area contributed by atoms with Crippen LogP contribution in [0.1, 0.15) is 46.0 Å². The molecule has 0 bridgehead atoms. The van der Waals surface area contributed by atoms with Gasteiger partial charge in [-0.3, -0.25) is 9.59 Å². The summed E-state index contributed by atoms with van der Waals surface area (Å²) >= 11 is 0. The standard InChI is InChI=1S/C10H13NO2/c1-3-7-8(4-2)10(6-13)11-9(7)5-12/h5-6,11H,3-4H2,1-2H3.